The Hall–Kier alpha value is -3.88. The van der Waals surface area contributed by atoms with Gasteiger partial charge in [-0.2, -0.15) is 10.1 Å². The molecular weight excluding hydrogens is 362 g/mol. The zero-order chi connectivity index (χ0) is 19.3. The molecule has 1 aromatic heterocycles. The number of nitrogens with zero attached hydrogens (tertiary/aromatic N) is 3. The molecule has 0 spiro atoms. The van der Waals surface area contributed by atoms with Crippen LogP contribution < -0.4 is 20.1 Å². The maximum Gasteiger partial charge on any atom is 0.337 e. The number of benzene rings is 2. The number of rotatable bonds is 5. The van der Waals surface area contributed by atoms with Gasteiger partial charge in [0.2, 0.25) is 5.95 Å². The lowest BCUT2D eigenvalue weighted by Gasteiger charge is -2.19. The monoisotopic (exact) mass is 379 g/mol. The molecule has 0 aliphatic carbocycles. The summed E-state index contributed by atoms with van der Waals surface area (Å²) in [5.41, 5.74) is 1.96. The summed E-state index contributed by atoms with van der Waals surface area (Å²) in [6.45, 7) is 1.07. The number of nitrogens with one attached hydrogen (secondary N) is 2. The second-order valence-corrected chi connectivity index (χ2v) is 5.84. The Balaban J connectivity index is 1.46. The predicted molar refractivity (Wildman–Crippen MR) is 102 cm³/mol. The van der Waals surface area contributed by atoms with Gasteiger partial charge in [0, 0.05) is 17.4 Å². The first-order valence-electron chi connectivity index (χ1n) is 8.53. The summed E-state index contributed by atoms with van der Waals surface area (Å²) in [5, 5.41) is 14.1. The second kappa shape index (κ2) is 7.78. The van der Waals surface area contributed by atoms with Crippen LogP contribution in [0.25, 0.3) is 0 Å². The summed E-state index contributed by atoms with van der Waals surface area (Å²) < 4.78 is 15.8. The zero-order valence-corrected chi connectivity index (χ0v) is 15.0. The van der Waals surface area contributed by atoms with E-state index in [0.717, 1.165) is 11.4 Å². The summed E-state index contributed by atoms with van der Waals surface area (Å²) in [4.78, 5) is 15.9. The van der Waals surface area contributed by atoms with Crippen LogP contribution in [0.15, 0.2) is 48.7 Å². The van der Waals surface area contributed by atoms with Crippen molar-refractivity contribution in [2.24, 2.45) is 0 Å². The highest BCUT2D eigenvalue weighted by Crippen LogP contribution is 2.33. The number of anilines is 4. The molecule has 0 bridgehead atoms. The first-order chi connectivity index (χ1) is 13.7. The lowest BCUT2D eigenvalue weighted by molar-refractivity contribution is 0.0601. The van der Waals surface area contributed by atoms with Gasteiger partial charge in [0.1, 0.15) is 13.2 Å². The van der Waals surface area contributed by atoms with Crippen LogP contribution in [-0.4, -0.2) is 41.5 Å². The Morgan fingerprint density at radius 2 is 1.75 bits per heavy atom. The third-order valence-corrected chi connectivity index (χ3v) is 3.94. The first-order valence-corrected chi connectivity index (χ1v) is 8.53. The Morgan fingerprint density at radius 1 is 1.00 bits per heavy atom. The summed E-state index contributed by atoms with van der Waals surface area (Å²) in [7, 11) is 1.34. The molecule has 28 heavy (non-hydrogen) atoms. The predicted octanol–water partition coefficient (Wildman–Crippen LogP) is 2.92. The van der Waals surface area contributed by atoms with Crippen LogP contribution >= 0.6 is 0 Å². The van der Waals surface area contributed by atoms with Gasteiger partial charge in [-0.15, -0.1) is 5.10 Å². The van der Waals surface area contributed by atoms with Crippen LogP contribution in [0.3, 0.4) is 0 Å². The fourth-order valence-corrected chi connectivity index (χ4v) is 2.62. The van der Waals surface area contributed by atoms with Gasteiger partial charge in [-0.1, -0.05) is 0 Å². The van der Waals surface area contributed by atoms with Crippen LogP contribution in [-0.2, 0) is 4.74 Å². The lowest BCUT2D eigenvalue weighted by Crippen LogP contribution is -2.15. The summed E-state index contributed by atoms with van der Waals surface area (Å²) in [6, 6.07) is 12.3. The molecule has 1 aliphatic rings. The van der Waals surface area contributed by atoms with E-state index in [2.05, 4.69) is 30.6 Å². The number of hydrogen-bond acceptors (Lipinski definition) is 9. The minimum absolute atomic E-state index is 0.313. The van der Waals surface area contributed by atoms with Gasteiger partial charge in [0.25, 0.3) is 0 Å². The molecule has 2 N–H and O–H groups in total. The molecule has 0 atom stereocenters. The summed E-state index contributed by atoms with van der Waals surface area (Å²) in [6.07, 6.45) is 1.52. The normalized spacial score (nSPS) is 12.2. The van der Waals surface area contributed by atoms with Gasteiger partial charge in [-0.05, 0) is 36.4 Å². The van der Waals surface area contributed by atoms with E-state index in [-0.39, 0.29) is 0 Å². The van der Waals surface area contributed by atoms with Crippen molar-refractivity contribution in [3.63, 3.8) is 0 Å². The maximum absolute atomic E-state index is 11.5. The highest BCUT2D eigenvalue weighted by molar-refractivity contribution is 5.89. The molecule has 2 aromatic carbocycles. The quantitative estimate of drug-likeness (QED) is 0.647. The van der Waals surface area contributed by atoms with Gasteiger partial charge in [0.05, 0.1) is 18.9 Å². The molecule has 3 aromatic rings. The van der Waals surface area contributed by atoms with Crippen molar-refractivity contribution in [3.8, 4) is 11.5 Å². The molecule has 0 fully saturated rings. The van der Waals surface area contributed by atoms with Crippen molar-refractivity contribution in [2.45, 2.75) is 0 Å². The molecule has 0 saturated heterocycles. The Bertz CT molecular complexity index is 994. The van der Waals surface area contributed by atoms with Crippen molar-refractivity contribution in [1.29, 1.82) is 0 Å². The SMILES string of the molecule is COC(=O)c1ccc(Nc2nncc(Nc3ccc4c(c3)OCCO4)n2)cc1. The van der Waals surface area contributed by atoms with Crippen molar-refractivity contribution in [2.75, 3.05) is 31.0 Å². The van der Waals surface area contributed by atoms with E-state index < -0.39 is 5.97 Å². The number of carbonyl (C=O) groups is 1. The van der Waals surface area contributed by atoms with E-state index in [0.29, 0.717) is 42.0 Å². The highest BCUT2D eigenvalue weighted by Gasteiger charge is 2.12. The molecule has 0 unspecified atom stereocenters. The Morgan fingerprint density at radius 3 is 2.54 bits per heavy atom. The lowest BCUT2D eigenvalue weighted by atomic mass is 10.2. The van der Waals surface area contributed by atoms with Crippen LogP contribution in [0.4, 0.5) is 23.1 Å². The minimum atomic E-state index is -0.393. The van der Waals surface area contributed by atoms with E-state index in [1.807, 2.05) is 18.2 Å². The standard InChI is InChI=1S/C19H17N5O4/c1-26-18(25)12-2-4-13(5-3-12)22-19-23-17(11-20-24-19)21-14-6-7-15-16(10-14)28-9-8-27-15/h2-7,10-11H,8-9H2,1H3,(H2,21,22,23,24). The van der Waals surface area contributed by atoms with Gasteiger partial charge in [-0.3, -0.25) is 0 Å². The van der Waals surface area contributed by atoms with Crippen LogP contribution in [0.5, 0.6) is 11.5 Å². The molecule has 1 aliphatic heterocycles. The van der Waals surface area contributed by atoms with Gasteiger partial charge in [0.15, 0.2) is 17.3 Å². The second-order valence-electron chi connectivity index (χ2n) is 5.84. The molecule has 9 nitrogen and oxygen atoms in total. The molecule has 0 saturated carbocycles. The van der Waals surface area contributed by atoms with Crippen molar-refractivity contribution < 1.29 is 19.0 Å². The number of esters is 1. The molecule has 2 heterocycles. The van der Waals surface area contributed by atoms with Gasteiger partial charge < -0.3 is 24.8 Å². The number of fused-ring (bicyclic) bond motifs is 1. The van der Waals surface area contributed by atoms with Gasteiger partial charge in [-0.25, -0.2) is 4.79 Å². The largest absolute Gasteiger partial charge is 0.486 e. The Labute approximate surface area is 160 Å². The third kappa shape index (κ3) is 3.93. The van der Waals surface area contributed by atoms with E-state index in [1.165, 1.54) is 13.3 Å². The minimum Gasteiger partial charge on any atom is -0.486 e. The first kappa shape index (κ1) is 17.5. The fourth-order valence-electron chi connectivity index (χ4n) is 2.62. The van der Waals surface area contributed by atoms with E-state index in [4.69, 9.17) is 9.47 Å². The number of aromatic nitrogens is 3. The maximum atomic E-state index is 11.5. The smallest absolute Gasteiger partial charge is 0.337 e. The van der Waals surface area contributed by atoms with Crippen LogP contribution in [0.1, 0.15) is 10.4 Å². The average molecular weight is 379 g/mol. The fraction of sp³-hybridized carbons (Fsp3) is 0.158. The molecule has 0 amide bonds. The van der Waals surface area contributed by atoms with E-state index in [9.17, 15) is 4.79 Å². The Kier molecular flexibility index (Phi) is 4.87. The molecule has 142 valence electrons. The molecule has 9 heteroatoms. The average Bonchev–Trinajstić information content (AvgIpc) is 2.74. The van der Waals surface area contributed by atoms with Crippen molar-refractivity contribution >= 4 is 29.1 Å². The molecular formula is C19H17N5O4. The van der Waals surface area contributed by atoms with Crippen molar-refractivity contribution in [1.82, 2.24) is 15.2 Å². The summed E-state index contributed by atoms with van der Waals surface area (Å²) >= 11 is 0. The van der Waals surface area contributed by atoms with Crippen molar-refractivity contribution in [3.05, 3.63) is 54.2 Å². The zero-order valence-electron chi connectivity index (χ0n) is 15.0. The number of methoxy groups -OCH3 is 1. The molecule has 0 radical (unpaired) electrons. The van der Waals surface area contributed by atoms with E-state index >= 15 is 0 Å². The number of hydrogen-bond donors (Lipinski definition) is 2. The van der Waals surface area contributed by atoms with E-state index in [1.54, 1.807) is 24.3 Å². The topological polar surface area (TPSA) is 107 Å². The number of ether oxygens (including phenoxy) is 3. The van der Waals surface area contributed by atoms with Crippen LogP contribution in [0.2, 0.25) is 0 Å². The third-order valence-electron chi connectivity index (χ3n) is 3.94. The summed E-state index contributed by atoms with van der Waals surface area (Å²) in [5.74, 6) is 1.83. The number of carbonyl (C=O) groups excluding carboxylic acids is 1. The van der Waals surface area contributed by atoms with Crippen LogP contribution in [0, 0.1) is 0 Å². The molecule has 4 rings (SSSR count). The highest BCUT2D eigenvalue weighted by atomic mass is 16.6. The van der Waals surface area contributed by atoms with Gasteiger partial charge >= 0.3 is 5.97 Å².